The number of aromatic nitrogens is 1. The van der Waals surface area contributed by atoms with Gasteiger partial charge in [-0.25, -0.2) is 4.98 Å². The Morgan fingerprint density at radius 2 is 2.12 bits per heavy atom. The molecule has 1 aliphatic rings. The van der Waals surface area contributed by atoms with Crippen LogP contribution in [-0.2, 0) is 9.59 Å². The van der Waals surface area contributed by atoms with Crippen molar-refractivity contribution in [2.45, 2.75) is 32.6 Å². The van der Waals surface area contributed by atoms with Gasteiger partial charge in [0.15, 0.2) is 5.13 Å². The summed E-state index contributed by atoms with van der Waals surface area (Å²) in [5.74, 6) is -0.0901. The van der Waals surface area contributed by atoms with Crippen molar-refractivity contribution in [2.24, 2.45) is 5.92 Å². The number of thiazole rings is 1. The highest BCUT2D eigenvalue weighted by Crippen LogP contribution is 2.27. The van der Waals surface area contributed by atoms with E-state index in [-0.39, 0.29) is 17.7 Å². The Labute approximate surface area is 162 Å². The first-order valence-electron chi connectivity index (χ1n) is 8.87. The summed E-state index contributed by atoms with van der Waals surface area (Å²) >= 11 is 7.31. The topological polar surface area (TPSA) is 62.3 Å². The van der Waals surface area contributed by atoms with Gasteiger partial charge in [-0.1, -0.05) is 30.7 Å². The van der Waals surface area contributed by atoms with E-state index in [0.29, 0.717) is 23.1 Å². The smallest absolute Gasteiger partial charge is 0.231 e. The highest BCUT2D eigenvalue weighted by Gasteiger charge is 2.28. The highest BCUT2D eigenvalue weighted by molar-refractivity contribution is 7.14. The van der Waals surface area contributed by atoms with Crippen molar-refractivity contribution >= 4 is 39.9 Å². The van der Waals surface area contributed by atoms with Gasteiger partial charge in [-0.2, -0.15) is 0 Å². The fourth-order valence-corrected chi connectivity index (χ4v) is 3.93. The lowest BCUT2D eigenvalue weighted by Gasteiger charge is -2.31. The summed E-state index contributed by atoms with van der Waals surface area (Å²) in [7, 11) is 0. The van der Waals surface area contributed by atoms with Gasteiger partial charge in [-0.05, 0) is 31.4 Å². The molecule has 1 aromatic heterocycles. The van der Waals surface area contributed by atoms with Crippen LogP contribution in [0.1, 0.15) is 32.6 Å². The number of piperidine rings is 1. The zero-order chi connectivity index (χ0) is 18.5. The van der Waals surface area contributed by atoms with Gasteiger partial charge in [0.2, 0.25) is 11.8 Å². The Hall–Kier alpha value is -1.92. The third kappa shape index (κ3) is 4.62. The molecule has 138 valence electrons. The third-order valence-corrected chi connectivity index (χ3v) is 5.49. The van der Waals surface area contributed by atoms with Gasteiger partial charge < -0.3 is 10.2 Å². The van der Waals surface area contributed by atoms with Crippen molar-refractivity contribution in [2.75, 3.05) is 18.4 Å². The van der Waals surface area contributed by atoms with Crippen LogP contribution in [0.3, 0.4) is 0 Å². The summed E-state index contributed by atoms with van der Waals surface area (Å²) < 4.78 is 0. The number of nitrogens with zero attached hydrogens (tertiary/aromatic N) is 2. The number of hydrogen-bond donors (Lipinski definition) is 1. The first-order valence-corrected chi connectivity index (χ1v) is 10.1. The highest BCUT2D eigenvalue weighted by atomic mass is 35.5. The predicted molar refractivity (Wildman–Crippen MR) is 105 cm³/mol. The number of benzene rings is 1. The molecular formula is C19H22ClN3O2S. The minimum absolute atomic E-state index is 0.0593. The molecule has 0 saturated carbocycles. The van der Waals surface area contributed by atoms with Crippen LogP contribution < -0.4 is 5.32 Å². The van der Waals surface area contributed by atoms with Crippen molar-refractivity contribution in [1.82, 2.24) is 9.88 Å². The molecule has 0 bridgehead atoms. The number of hydrogen-bond acceptors (Lipinski definition) is 4. The Morgan fingerprint density at radius 3 is 2.85 bits per heavy atom. The van der Waals surface area contributed by atoms with Crippen molar-refractivity contribution in [3.05, 3.63) is 34.7 Å². The molecule has 0 aliphatic carbocycles. The summed E-state index contributed by atoms with van der Waals surface area (Å²) in [5, 5.41) is 6.08. The maximum Gasteiger partial charge on any atom is 0.231 e. The van der Waals surface area contributed by atoms with Gasteiger partial charge in [0.25, 0.3) is 0 Å². The van der Waals surface area contributed by atoms with Crippen LogP contribution in [0, 0.1) is 5.92 Å². The molecule has 1 unspecified atom stereocenters. The van der Waals surface area contributed by atoms with E-state index in [2.05, 4.69) is 10.3 Å². The van der Waals surface area contributed by atoms with Crippen LogP contribution >= 0.6 is 22.9 Å². The zero-order valence-electron chi connectivity index (χ0n) is 14.7. The van der Waals surface area contributed by atoms with Crippen LogP contribution in [0.25, 0.3) is 11.3 Å². The first-order chi connectivity index (χ1) is 12.6. The molecule has 1 aromatic carbocycles. The molecule has 2 heterocycles. The molecule has 7 heteroatoms. The Kier molecular flexibility index (Phi) is 6.27. The van der Waals surface area contributed by atoms with Crippen molar-refractivity contribution < 1.29 is 9.59 Å². The molecule has 0 spiro atoms. The standard InChI is InChI=1S/C19H22ClN3O2S/c1-2-4-17(24)23-10-3-5-14(11-23)18(25)22-19-21-16(12-26-19)13-6-8-15(20)9-7-13/h6-9,12,14H,2-5,10-11H2,1H3,(H,21,22,25). The van der Waals surface area contributed by atoms with E-state index in [4.69, 9.17) is 11.6 Å². The second-order valence-electron chi connectivity index (χ2n) is 6.46. The number of nitrogens with one attached hydrogen (secondary N) is 1. The van der Waals surface area contributed by atoms with Crippen molar-refractivity contribution in [3.8, 4) is 11.3 Å². The summed E-state index contributed by atoms with van der Waals surface area (Å²) in [6, 6.07) is 7.44. The minimum Gasteiger partial charge on any atom is -0.342 e. The van der Waals surface area contributed by atoms with Crippen LogP contribution in [0.2, 0.25) is 5.02 Å². The summed E-state index contributed by atoms with van der Waals surface area (Å²) in [6.45, 7) is 3.24. The monoisotopic (exact) mass is 391 g/mol. The molecule has 1 atom stereocenters. The molecule has 3 rings (SSSR count). The number of likely N-dealkylation sites (tertiary alicyclic amines) is 1. The van der Waals surface area contributed by atoms with E-state index in [9.17, 15) is 9.59 Å². The van der Waals surface area contributed by atoms with Crippen LogP contribution in [0.15, 0.2) is 29.6 Å². The average molecular weight is 392 g/mol. The van der Waals surface area contributed by atoms with Gasteiger partial charge in [-0.3, -0.25) is 9.59 Å². The number of rotatable bonds is 5. The summed E-state index contributed by atoms with van der Waals surface area (Å²) in [4.78, 5) is 31.0. The number of halogens is 1. The van der Waals surface area contributed by atoms with Gasteiger partial charge >= 0.3 is 0 Å². The summed E-state index contributed by atoms with van der Waals surface area (Å²) in [5.41, 5.74) is 1.77. The third-order valence-electron chi connectivity index (χ3n) is 4.48. The first kappa shape index (κ1) is 18.9. The molecule has 1 aliphatic heterocycles. The van der Waals surface area contributed by atoms with Crippen molar-refractivity contribution in [1.29, 1.82) is 0 Å². The minimum atomic E-state index is -0.174. The lowest BCUT2D eigenvalue weighted by atomic mass is 9.97. The SMILES string of the molecule is CCCC(=O)N1CCCC(C(=O)Nc2nc(-c3ccc(Cl)cc3)cs2)C1. The molecular weight excluding hydrogens is 370 g/mol. The second kappa shape index (κ2) is 8.64. The molecule has 1 saturated heterocycles. The molecule has 2 aromatic rings. The van der Waals surface area contributed by atoms with Gasteiger partial charge in [0.05, 0.1) is 11.6 Å². The number of amides is 2. The molecule has 26 heavy (non-hydrogen) atoms. The van der Waals surface area contributed by atoms with Gasteiger partial charge in [-0.15, -0.1) is 11.3 Å². The fraction of sp³-hybridized carbons (Fsp3) is 0.421. The summed E-state index contributed by atoms with van der Waals surface area (Å²) in [6.07, 6.45) is 3.04. The van der Waals surface area contributed by atoms with E-state index >= 15 is 0 Å². The van der Waals surface area contributed by atoms with Crippen LogP contribution in [0.4, 0.5) is 5.13 Å². The molecule has 0 radical (unpaired) electrons. The van der Waals surface area contributed by atoms with E-state index in [0.717, 1.165) is 37.1 Å². The maximum atomic E-state index is 12.6. The number of anilines is 1. The Bertz CT molecular complexity index is 775. The Balaban J connectivity index is 1.61. The van der Waals surface area contributed by atoms with E-state index < -0.39 is 0 Å². The molecule has 1 fully saturated rings. The molecule has 5 nitrogen and oxygen atoms in total. The molecule has 1 N–H and O–H groups in total. The predicted octanol–water partition coefficient (Wildman–Crippen LogP) is 4.44. The fourth-order valence-electron chi connectivity index (χ4n) is 3.08. The van der Waals surface area contributed by atoms with Gasteiger partial charge in [0.1, 0.15) is 0 Å². The number of carbonyl (C=O) groups excluding carboxylic acids is 2. The largest absolute Gasteiger partial charge is 0.342 e. The van der Waals surface area contributed by atoms with Crippen LogP contribution in [-0.4, -0.2) is 34.8 Å². The second-order valence-corrected chi connectivity index (χ2v) is 7.76. The van der Waals surface area contributed by atoms with Gasteiger partial charge in [0, 0.05) is 35.5 Å². The normalized spacial score (nSPS) is 17.2. The van der Waals surface area contributed by atoms with E-state index in [1.54, 1.807) is 0 Å². The quantitative estimate of drug-likeness (QED) is 0.819. The average Bonchev–Trinajstić information content (AvgIpc) is 3.11. The van der Waals surface area contributed by atoms with E-state index in [1.807, 2.05) is 41.5 Å². The molecule has 2 amide bonds. The van der Waals surface area contributed by atoms with Crippen LogP contribution in [0.5, 0.6) is 0 Å². The number of carbonyl (C=O) groups is 2. The maximum absolute atomic E-state index is 12.6. The lowest BCUT2D eigenvalue weighted by molar-refractivity contribution is -0.134. The zero-order valence-corrected chi connectivity index (χ0v) is 16.3. The van der Waals surface area contributed by atoms with E-state index in [1.165, 1.54) is 11.3 Å². The Morgan fingerprint density at radius 1 is 1.35 bits per heavy atom. The lowest BCUT2D eigenvalue weighted by Crippen LogP contribution is -2.43. The van der Waals surface area contributed by atoms with Crippen molar-refractivity contribution in [3.63, 3.8) is 0 Å².